The third-order valence-electron chi connectivity index (χ3n) is 5.91. The summed E-state index contributed by atoms with van der Waals surface area (Å²) in [5.74, 6) is 9.53. The van der Waals surface area contributed by atoms with Gasteiger partial charge >= 0.3 is 0 Å². The summed E-state index contributed by atoms with van der Waals surface area (Å²) in [6.07, 6.45) is 3.17. The molecule has 0 N–H and O–H groups in total. The highest BCUT2D eigenvalue weighted by molar-refractivity contribution is 5.21. The molecule has 0 aromatic heterocycles. The van der Waals surface area contributed by atoms with Gasteiger partial charge in [-0.25, -0.2) is 0 Å². The Morgan fingerprint density at radius 1 is 0.667 bits per heavy atom. The van der Waals surface area contributed by atoms with Crippen molar-refractivity contribution in [1.29, 1.82) is 0 Å². The van der Waals surface area contributed by atoms with Crippen LogP contribution in [0.4, 0.5) is 0 Å². The molecule has 4 aliphatic rings. The van der Waals surface area contributed by atoms with Crippen molar-refractivity contribution in [3.05, 3.63) is 0 Å². The highest BCUT2D eigenvalue weighted by Gasteiger charge is 2.74. The second kappa shape index (κ2) is 1.63. The van der Waals surface area contributed by atoms with Crippen LogP contribution >= 0.6 is 0 Å². The zero-order chi connectivity index (χ0) is 8.03. The lowest BCUT2D eigenvalue weighted by Crippen LogP contribution is -2.75. The fraction of sp³-hybridized carbons (Fsp3) is 1.00. The van der Waals surface area contributed by atoms with E-state index >= 15 is 0 Å². The number of hydrogen-bond acceptors (Lipinski definition) is 0. The van der Waals surface area contributed by atoms with Gasteiger partial charge in [-0.15, -0.1) is 0 Å². The third-order valence-corrected chi connectivity index (χ3v) is 5.91. The molecule has 0 amide bonds. The molecule has 6 unspecified atom stereocenters. The Bertz CT molecular complexity index is 210. The molecule has 4 aliphatic carbocycles. The van der Waals surface area contributed by atoms with Gasteiger partial charge in [0.1, 0.15) is 0 Å². The molecule has 0 heterocycles. The van der Waals surface area contributed by atoms with Crippen LogP contribution < -0.4 is 0 Å². The number of hydrogen-bond donors (Lipinski definition) is 0. The van der Waals surface area contributed by atoms with Gasteiger partial charge in [-0.1, -0.05) is 13.8 Å². The molecule has 6 atom stereocenters. The monoisotopic (exact) mass is 162 g/mol. The minimum atomic E-state index is 1.10. The lowest BCUT2D eigenvalue weighted by molar-refractivity contribution is -0.325. The average Bonchev–Trinajstić information content (AvgIpc) is 1.99. The third kappa shape index (κ3) is 0.418. The molecule has 4 rings (SSSR count). The number of fused-ring (bicyclic) bond motifs is 7. The van der Waals surface area contributed by atoms with Crippen LogP contribution in [0.15, 0.2) is 0 Å². The van der Waals surface area contributed by atoms with Gasteiger partial charge in [0.05, 0.1) is 0 Å². The highest BCUT2D eigenvalue weighted by atomic mass is 14.8. The van der Waals surface area contributed by atoms with Gasteiger partial charge in [-0.05, 0) is 60.2 Å². The molecule has 0 aromatic carbocycles. The van der Waals surface area contributed by atoms with Crippen molar-refractivity contribution in [3.63, 3.8) is 0 Å². The van der Waals surface area contributed by atoms with E-state index in [1.807, 2.05) is 0 Å². The minimum absolute atomic E-state index is 1.10. The summed E-state index contributed by atoms with van der Waals surface area (Å²) in [6.45, 7) is 4.96. The maximum Gasteiger partial charge on any atom is -0.0313 e. The van der Waals surface area contributed by atoms with E-state index in [4.69, 9.17) is 0 Å². The molecule has 66 valence electrons. The van der Waals surface area contributed by atoms with Crippen LogP contribution in [0.2, 0.25) is 0 Å². The predicted molar refractivity (Wildman–Crippen MR) is 48.5 cm³/mol. The van der Waals surface area contributed by atoms with Gasteiger partial charge in [-0.2, -0.15) is 0 Å². The van der Waals surface area contributed by atoms with Crippen molar-refractivity contribution >= 4 is 0 Å². The Balaban J connectivity index is 1.61. The van der Waals surface area contributed by atoms with Gasteiger partial charge in [-0.3, -0.25) is 0 Å². The first-order valence-corrected chi connectivity index (χ1v) is 5.79. The van der Waals surface area contributed by atoms with E-state index in [1.54, 1.807) is 12.8 Å². The van der Waals surface area contributed by atoms with E-state index in [1.165, 1.54) is 35.5 Å². The molecule has 12 heavy (non-hydrogen) atoms. The van der Waals surface area contributed by atoms with E-state index in [0.29, 0.717) is 0 Å². The molecule has 0 aromatic rings. The van der Waals surface area contributed by atoms with Crippen molar-refractivity contribution in [1.82, 2.24) is 0 Å². The second-order valence-electron chi connectivity index (χ2n) is 6.06. The molecular weight excluding hydrogens is 144 g/mol. The van der Waals surface area contributed by atoms with Gasteiger partial charge in [0.15, 0.2) is 0 Å². The Morgan fingerprint density at radius 3 is 1.58 bits per heavy atom. The molecule has 0 aliphatic heterocycles. The maximum absolute atomic E-state index is 2.48. The quantitative estimate of drug-likeness (QED) is 0.514. The fourth-order valence-electron chi connectivity index (χ4n) is 5.46. The summed E-state index contributed by atoms with van der Waals surface area (Å²) >= 11 is 0. The van der Waals surface area contributed by atoms with E-state index in [9.17, 15) is 0 Å². The number of rotatable bonds is 0. The van der Waals surface area contributed by atoms with Gasteiger partial charge in [0.2, 0.25) is 0 Å². The summed E-state index contributed by atoms with van der Waals surface area (Å²) in [5.41, 5.74) is 0. The van der Waals surface area contributed by atoms with Crippen LogP contribution in [0.5, 0.6) is 0 Å². The standard InChI is InChI=1S/C12H18/c1-5-3-7-9(5)12-10-6(2)4-8(10)11(7)12/h5-12H,3-4H2,1-2H3. The lowest BCUT2D eigenvalue weighted by atomic mass is 9.25. The van der Waals surface area contributed by atoms with Crippen molar-refractivity contribution in [2.45, 2.75) is 26.7 Å². The first-order valence-electron chi connectivity index (χ1n) is 5.79. The zero-order valence-corrected chi connectivity index (χ0v) is 8.03. The zero-order valence-electron chi connectivity index (χ0n) is 8.03. The molecule has 4 saturated carbocycles. The molecule has 0 radical (unpaired) electrons. The van der Waals surface area contributed by atoms with E-state index in [-0.39, 0.29) is 0 Å². The van der Waals surface area contributed by atoms with Crippen molar-refractivity contribution in [2.75, 3.05) is 0 Å². The summed E-state index contributed by atoms with van der Waals surface area (Å²) in [7, 11) is 0. The van der Waals surface area contributed by atoms with Gasteiger partial charge < -0.3 is 0 Å². The van der Waals surface area contributed by atoms with Crippen molar-refractivity contribution in [2.24, 2.45) is 47.3 Å². The van der Waals surface area contributed by atoms with Crippen LogP contribution in [0, 0.1) is 47.3 Å². The minimum Gasteiger partial charge on any atom is -0.0622 e. The molecule has 4 fully saturated rings. The van der Waals surface area contributed by atoms with Crippen molar-refractivity contribution in [3.8, 4) is 0 Å². The Labute approximate surface area is 74.7 Å². The van der Waals surface area contributed by atoms with Crippen LogP contribution in [-0.4, -0.2) is 0 Å². The lowest BCUT2D eigenvalue weighted by Gasteiger charge is -2.80. The smallest absolute Gasteiger partial charge is 0.0313 e. The van der Waals surface area contributed by atoms with E-state index < -0.39 is 0 Å². The van der Waals surface area contributed by atoms with Gasteiger partial charge in [0, 0.05) is 0 Å². The summed E-state index contributed by atoms with van der Waals surface area (Å²) in [6, 6.07) is 0. The van der Waals surface area contributed by atoms with Crippen LogP contribution in [0.1, 0.15) is 26.7 Å². The van der Waals surface area contributed by atoms with Crippen LogP contribution in [-0.2, 0) is 0 Å². The Hall–Kier alpha value is 0. The van der Waals surface area contributed by atoms with Crippen LogP contribution in [0.25, 0.3) is 0 Å². The molecule has 0 heteroatoms. The predicted octanol–water partition coefficient (Wildman–Crippen LogP) is 2.79. The molecule has 0 spiro atoms. The topological polar surface area (TPSA) is 0 Å². The first kappa shape index (κ1) is 6.45. The fourth-order valence-corrected chi connectivity index (χ4v) is 5.46. The molecule has 0 bridgehead atoms. The largest absolute Gasteiger partial charge is 0.0622 e. The van der Waals surface area contributed by atoms with E-state index in [2.05, 4.69) is 13.8 Å². The van der Waals surface area contributed by atoms with E-state index in [0.717, 1.165) is 11.8 Å². The molecule has 0 saturated heterocycles. The maximum atomic E-state index is 2.48. The highest BCUT2D eigenvalue weighted by Crippen LogP contribution is 2.79. The summed E-state index contributed by atoms with van der Waals surface area (Å²) in [4.78, 5) is 0. The normalized spacial score (nSPS) is 76.5. The Morgan fingerprint density at radius 2 is 1.17 bits per heavy atom. The Kier molecular flexibility index (Phi) is 0.875. The second-order valence-corrected chi connectivity index (χ2v) is 6.06. The average molecular weight is 162 g/mol. The first-order chi connectivity index (χ1) is 5.79. The summed E-state index contributed by atoms with van der Waals surface area (Å²) < 4.78 is 0. The van der Waals surface area contributed by atoms with Gasteiger partial charge in [0.25, 0.3) is 0 Å². The molecule has 0 nitrogen and oxygen atoms in total. The van der Waals surface area contributed by atoms with Crippen LogP contribution in [0.3, 0.4) is 0 Å². The van der Waals surface area contributed by atoms with Crippen molar-refractivity contribution < 1.29 is 0 Å². The summed E-state index contributed by atoms with van der Waals surface area (Å²) in [5, 5.41) is 0. The molecular formula is C12H18. The SMILES string of the molecule is CC1CC2C1C1C3C(C)CC3C21.